The Kier molecular flexibility index (Phi) is 5.03. The van der Waals surface area contributed by atoms with Crippen LogP contribution in [-0.2, 0) is 9.59 Å². The van der Waals surface area contributed by atoms with Crippen LogP contribution in [0.15, 0.2) is 18.2 Å². The van der Waals surface area contributed by atoms with Crippen LogP contribution in [0.2, 0.25) is 5.02 Å². The maximum atomic E-state index is 13.5. The number of hydrogen-bond donors (Lipinski definition) is 2. The molecule has 1 aliphatic rings. The number of rotatable bonds is 4. The van der Waals surface area contributed by atoms with Gasteiger partial charge in [-0.05, 0) is 30.5 Å². The van der Waals surface area contributed by atoms with Crippen molar-refractivity contribution in [2.45, 2.75) is 32.4 Å². The molecular formula is C15H19ClFN3O2. The van der Waals surface area contributed by atoms with Gasteiger partial charge in [0.05, 0.1) is 11.1 Å². The maximum Gasteiger partial charge on any atom is 0.249 e. The molecule has 0 bridgehead atoms. The lowest BCUT2D eigenvalue weighted by atomic mass is 10.0. The van der Waals surface area contributed by atoms with Gasteiger partial charge in [-0.25, -0.2) is 4.39 Å². The lowest BCUT2D eigenvalue weighted by Crippen LogP contribution is -2.50. The number of nitrogens with one attached hydrogen (secondary N) is 1. The minimum absolute atomic E-state index is 0.00292. The summed E-state index contributed by atoms with van der Waals surface area (Å²) >= 11 is 5.64. The summed E-state index contributed by atoms with van der Waals surface area (Å²) in [5.74, 6) is -1.22. The van der Waals surface area contributed by atoms with Gasteiger partial charge in [-0.1, -0.05) is 25.4 Å². The normalized spacial score (nSPS) is 19.6. The second kappa shape index (κ2) is 6.62. The molecule has 0 aromatic heterocycles. The standard InChI is InChI=1S/C15H19ClFN3O2/c1-8(2)13(18)14(21)19-12-5-6-20(15(12)22)9-3-4-10(16)11(17)7-9/h3-4,7-8,12-13H,5-6,18H2,1-2H3,(H,19,21)/t12?,13-/m0/s1. The maximum absolute atomic E-state index is 13.5. The van der Waals surface area contributed by atoms with Gasteiger partial charge >= 0.3 is 0 Å². The molecule has 1 saturated heterocycles. The minimum atomic E-state index is -0.658. The topological polar surface area (TPSA) is 75.4 Å². The van der Waals surface area contributed by atoms with Crippen molar-refractivity contribution in [1.82, 2.24) is 5.32 Å². The van der Waals surface area contributed by atoms with Crippen LogP contribution in [0.3, 0.4) is 0 Å². The highest BCUT2D eigenvalue weighted by atomic mass is 35.5. The molecule has 7 heteroatoms. The van der Waals surface area contributed by atoms with Gasteiger partial charge in [0, 0.05) is 12.2 Å². The van der Waals surface area contributed by atoms with E-state index in [1.807, 2.05) is 13.8 Å². The molecule has 0 aliphatic carbocycles. The molecule has 2 rings (SSSR count). The van der Waals surface area contributed by atoms with Crippen LogP contribution in [-0.4, -0.2) is 30.4 Å². The van der Waals surface area contributed by atoms with E-state index in [1.165, 1.54) is 17.0 Å². The van der Waals surface area contributed by atoms with Crippen molar-refractivity contribution in [3.63, 3.8) is 0 Å². The Bertz CT molecular complexity index is 594. The summed E-state index contributed by atoms with van der Waals surface area (Å²) in [6.45, 7) is 4.08. The van der Waals surface area contributed by atoms with Crippen molar-refractivity contribution in [3.05, 3.63) is 29.0 Å². The first-order chi connectivity index (χ1) is 10.3. The predicted octanol–water partition coefficient (Wildman–Crippen LogP) is 1.68. The number of anilines is 1. The van der Waals surface area contributed by atoms with Crippen LogP contribution < -0.4 is 16.0 Å². The van der Waals surface area contributed by atoms with E-state index < -0.39 is 17.9 Å². The summed E-state index contributed by atoms with van der Waals surface area (Å²) in [5.41, 5.74) is 6.19. The molecule has 1 heterocycles. The quantitative estimate of drug-likeness (QED) is 0.883. The molecule has 0 saturated carbocycles. The molecule has 0 radical (unpaired) electrons. The highest BCUT2D eigenvalue weighted by molar-refractivity contribution is 6.30. The fourth-order valence-corrected chi connectivity index (χ4v) is 2.41. The smallest absolute Gasteiger partial charge is 0.249 e. The van der Waals surface area contributed by atoms with E-state index in [-0.39, 0.29) is 22.8 Å². The fraction of sp³-hybridized carbons (Fsp3) is 0.467. The molecule has 1 aliphatic heterocycles. The Morgan fingerprint density at radius 1 is 1.50 bits per heavy atom. The molecule has 3 N–H and O–H groups in total. The zero-order chi connectivity index (χ0) is 16.4. The average Bonchev–Trinajstić information content (AvgIpc) is 2.82. The van der Waals surface area contributed by atoms with Crippen LogP contribution in [0.25, 0.3) is 0 Å². The van der Waals surface area contributed by atoms with Crippen LogP contribution in [0.1, 0.15) is 20.3 Å². The van der Waals surface area contributed by atoms with Gasteiger partial charge < -0.3 is 16.0 Å². The second-order valence-corrected chi connectivity index (χ2v) is 6.12. The van der Waals surface area contributed by atoms with Gasteiger partial charge in [0.1, 0.15) is 11.9 Å². The van der Waals surface area contributed by atoms with Gasteiger partial charge in [-0.15, -0.1) is 0 Å². The predicted molar refractivity (Wildman–Crippen MR) is 83.1 cm³/mol. The van der Waals surface area contributed by atoms with Crippen LogP contribution in [0.5, 0.6) is 0 Å². The third-order valence-electron chi connectivity index (χ3n) is 3.76. The third kappa shape index (κ3) is 3.39. The van der Waals surface area contributed by atoms with E-state index in [0.29, 0.717) is 18.7 Å². The van der Waals surface area contributed by atoms with E-state index in [1.54, 1.807) is 6.07 Å². The second-order valence-electron chi connectivity index (χ2n) is 5.71. The summed E-state index contributed by atoms with van der Waals surface area (Å²) in [6, 6.07) is 2.91. The molecule has 1 unspecified atom stereocenters. The number of carbonyl (C=O) groups is 2. The van der Waals surface area contributed by atoms with Crippen molar-refractivity contribution < 1.29 is 14.0 Å². The van der Waals surface area contributed by atoms with E-state index in [0.717, 1.165) is 0 Å². The highest BCUT2D eigenvalue weighted by Crippen LogP contribution is 2.25. The number of nitrogens with zero attached hydrogens (tertiary/aromatic N) is 1. The van der Waals surface area contributed by atoms with Crippen molar-refractivity contribution in [2.24, 2.45) is 11.7 Å². The van der Waals surface area contributed by atoms with Crippen molar-refractivity contribution in [3.8, 4) is 0 Å². The lowest BCUT2D eigenvalue weighted by Gasteiger charge is -2.20. The van der Waals surface area contributed by atoms with Crippen LogP contribution in [0, 0.1) is 11.7 Å². The Morgan fingerprint density at radius 3 is 2.77 bits per heavy atom. The molecular weight excluding hydrogens is 309 g/mol. The summed E-state index contributed by atoms with van der Waals surface area (Å²) in [7, 11) is 0. The SMILES string of the molecule is CC(C)[C@H](N)C(=O)NC1CCN(c2ccc(Cl)c(F)c2)C1=O. The first kappa shape index (κ1) is 16.7. The van der Waals surface area contributed by atoms with Gasteiger partial charge in [-0.2, -0.15) is 0 Å². The Balaban J connectivity index is 2.06. The first-order valence-corrected chi connectivity index (χ1v) is 7.51. The first-order valence-electron chi connectivity index (χ1n) is 7.13. The molecule has 120 valence electrons. The van der Waals surface area contributed by atoms with Crippen molar-refractivity contribution in [1.29, 1.82) is 0 Å². The van der Waals surface area contributed by atoms with Gasteiger partial charge in [0.2, 0.25) is 11.8 Å². The average molecular weight is 328 g/mol. The zero-order valence-electron chi connectivity index (χ0n) is 12.5. The van der Waals surface area contributed by atoms with Crippen molar-refractivity contribution >= 4 is 29.1 Å². The number of hydrogen-bond acceptors (Lipinski definition) is 3. The largest absolute Gasteiger partial charge is 0.343 e. The van der Waals surface area contributed by atoms with Gasteiger partial charge in [-0.3, -0.25) is 9.59 Å². The Hall–Kier alpha value is -1.66. The Labute approximate surface area is 133 Å². The monoisotopic (exact) mass is 327 g/mol. The summed E-state index contributed by atoms with van der Waals surface area (Å²) in [6.07, 6.45) is 0.458. The number of carbonyl (C=O) groups excluding carboxylic acids is 2. The molecule has 1 aromatic rings. The number of nitrogens with two attached hydrogens (primary N) is 1. The van der Waals surface area contributed by atoms with E-state index in [4.69, 9.17) is 17.3 Å². The summed E-state index contributed by atoms with van der Waals surface area (Å²) in [4.78, 5) is 25.7. The number of amides is 2. The molecule has 1 aromatic carbocycles. The molecule has 5 nitrogen and oxygen atoms in total. The number of halogens is 2. The lowest BCUT2D eigenvalue weighted by molar-refractivity contribution is -0.127. The highest BCUT2D eigenvalue weighted by Gasteiger charge is 2.35. The fourth-order valence-electron chi connectivity index (χ4n) is 2.29. The van der Waals surface area contributed by atoms with E-state index in [9.17, 15) is 14.0 Å². The third-order valence-corrected chi connectivity index (χ3v) is 4.06. The van der Waals surface area contributed by atoms with Crippen LogP contribution >= 0.6 is 11.6 Å². The van der Waals surface area contributed by atoms with E-state index >= 15 is 0 Å². The minimum Gasteiger partial charge on any atom is -0.343 e. The number of benzene rings is 1. The van der Waals surface area contributed by atoms with Gasteiger partial charge in [0.15, 0.2) is 0 Å². The molecule has 1 fully saturated rings. The summed E-state index contributed by atoms with van der Waals surface area (Å²) in [5, 5.41) is 2.66. The zero-order valence-corrected chi connectivity index (χ0v) is 13.2. The molecule has 22 heavy (non-hydrogen) atoms. The summed E-state index contributed by atoms with van der Waals surface area (Å²) < 4.78 is 13.5. The Morgan fingerprint density at radius 2 is 2.18 bits per heavy atom. The van der Waals surface area contributed by atoms with Crippen LogP contribution in [0.4, 0.5) is 10.1 Å². The molecule has 0 spiro atoms. The van der Waals surface area contributed by atoms with Crippen molar-refractivity contribution in [2.75, 3.05) is 11.4 Å². The molecule has 2 amide bonds. The van der Waals surface area contributed by atoms with Gasteiger partial charge in [0.25, 0.3) is 0 Å². The van der Waals surface area contributed by atoms with E-state index in [2.05, 4.69) is 5.32 Å². The molecule has 2 atom stereocenters.